The summed E-state index contributed by atoms with van der Waals surface area (Å²) in [6.45, 7) is 3.79. The van der Waals surface area contributed by atoms with Crippen LogP contribution in [0.5, 0.6) is 5.75 Å². The highest BCUT2D eigenvalue weighted by atomic mass is 127. The Morgan fingerprint density at radius 1 is 0.815 bits per heavy atom. The molecule has 27 heavy (non-hydrogen) atoms. The van der Waals surface area contributed by atoms with Gasteiger partial charge in [0.25, 0.3) is 0 Å². The van der Waals surface area contributed by atoms with Gasteiger partial charge in [0.05, 0.1) is 10.9 Å². The van der Waals surface area contributed by atoms with Crippen molar-refractivity contribution in [1.29, 1.82) is 0 Å². The highest BCUT2D eigenvalue weighted by Crippen LogP contribution is 2.32. The summed E-state index contributed by atoms with van der Waals surface area (Å²) in [5.74, 6) is 0.188. The molecule has 2 nitrogen and oxygen atoms in total. The van der Waals surface area contributed by atoms with Gasteiger partial charge >= 0.3 is 5.97 Å². The molecule has 0 amide bonds. The average Bonchev–Trinajstić information content (AvgIpc) is 2.71. The smallest absolute Gasteiger partial charge is 0.338 e. The summed E-state index contributed by atoms with van der Waals surface area (Å²) in [5.41, 5.74) is 0.502. The number of esters is 1. The lowest BCUT2D eigenvalue weighted by molar-refractivity contribution is -0.130. The number of ether oxygens (including phenoxy) is 1. The number of alkyl halides is 1. The molecule has 0 aromatic heterocycles. The van der Waals surface area contributed by atoms with E-state index in [0.717, 1.165) is 4.43 Å². The van der Waals surface area contributed by atoms with Crippen LogP contribution in [0.4, 0.5) is 0 Å². The largest absolute Gasteiger partial charge is 0.423 e. The van der Waals surface area contributed by atoms with E-state index in [9.17, 15) is 4.79 Å². The zero-order chi connectivity index (χ0) is 19.1. The summed E-state index contributed by atoms with van der Waals surface area (Å²) in [4.78, 5) is 15.7. The Bertz CT molecular complexity index is 853. The van der Waals surface area contributed by atoms with Crippen LogP contribution in [0.2, 0.25) is 0 Å². The molecule has 3 aromatic carbocycles. The second-order valence-corrected chi connectivity index (χ2v) is 8.94. The lowest BCUT2D eigenvalue weighted by Crippen LogP contribution is -2.11. The summed E-state index contributed by atoms with van der Waals surface area (Å²) < 4.78 is 6.28. The first kappa shape index (κ1) is 19.7. The Morgan fingerprint density at radius 3 is 1.78 bits per heavy atom. The molecule has 3 aromatic rings. The highest BCUT2D eigenvalue weighted by molar-refractivity contribution is 14.1. The molecule has 0 aliphatic rings. The number of halogens is 1. The van der Waals surface area contributed by atoms with Crippen molar-refractivity contribution in [3.05, 3.63) is 97.1 Å². The van der Waals surface area contributed by atoms with Gasteiger partial charge in [-0.15, -0.1) is 0 Å². The van der Waals surface area contributed by atoms with E-state index in [2.05, 4.69) is 77.7 Å². The molecule has 0 aliphatic carbocycles. The van der Waals surface area contributed by atoms with E-state index in [4.69, 9.17) is 4.74 Å². The van der Waals surface area contributed by atoms with Crippen LogP contribution in [0, 0.1) is 0 Å². The van der Waals surface area contributed by atoms with Gasteiger partial charge in [-0.25, -0.2) is 4.79 Å². The van der Waals surface area contributed by atoms with Crippen LogP contribution in [0.3, 0.4) is 0 Å². The minimum atomic E-state index is -0.357. The van der Waals surface area contributed by atoms with Gasteiger partial charge in [-0.05, 0) is 55.0 Å². The predicted octanol–water partition coefficient (Wildman–Crippen LogP) is 6.07. The zero-order valence-corrected chi connectivity index (χ0v) is 17.8. The first-order valence-corrected chi connectivity index (χ1v) is 11.3. The van der Waals surface area contributed by atoms with E-state index in [1.54, 1.807) is 0 Å². The van der Waals surface area contributed by atoms with Gasteiger partial charge in [-0.1, -0.05) is 65.6 Å². The zero-order valence-electron chi connectivity index (χ0n) is 14.8. The van der Waals surface area contributed by atoms with Crippen molar-refractivity contribution in [2.24, 2.45) is 0 Å². The fourth-order valence-electron chi connectivity index (χ4n) is 2.56. The molecule has 0 aliphatic heterocycles. The van der Waals surface area contributed by atoms with Crippen molar-refractivity contribution in [2.45, 2.75) is 21.1 Å². The van der Waals surface area contributed by atoms with E-state index in [1.807, 2.05) is 36.4 Å². The van der Waals surface area contributed by atoms with Gasteiger partial charge in [-0.2, -0.15) is 0 Å². The van der Waals surface area contributed by atoms with Crippen molar-refractivity contribution in [3.63, 3.8) is 0 Å². The van der Waals surface area contributed by atoms with Crippen LogP contribution in [0.15, 0.2) is 112 Å². The molecule has 4 heteroatoms. The third-order valence-corrected chi connectivity index (χ3v) is 6.68. The Hall–Kier alpha value is -2.05. The van der Waals surface area contributed by atoms with Crippen LogP contribution >= 0.6 is 22.6 Å². The summed E-state index contributed by atoms with van der Waals surface area (Å²) in [5, 5.41) is 0. The third-order valence-electron chi connectivity index (χ3n) is 3.91. The van der Waals surface area contributed by atoms with E-state index < -0.39 is 0 Å². The molecule has 0 radical (unpaired) electrons. The Morgan fingerprint density at radius 2 is 1.30 bits per heavy atom. The number of carbonyl (C=O) groups excluding carboxylic acids is 1. The Kier molecular flexibility index (Phi) is 7.12. The monoisotopic (exact) mass is 487 g/mol. The van der Waals surface area contributed by atoms with Gasteiger partial charge in [-0.3, -0.25) is 0 Å². The molecule has 0 heterocycles. The Balaban J connectivity index is 1.86. The molecule has 0 unspecified atom stereocenters. The predicted molar refractivity (Wildman–Crippen MR) is 120 cm³/mol. The molecule has 0 saturated carbocycles. The van der Waals surface area contributed by atoms with E-state index in [-0.39, 0.29) is 16.9 Å². The molecular weight excluding hydrogens is 467 g/mol. The van der Waals surface area contributed by atoms with E-state index >= 15 is 0 Å². The number of benzene rings is 3. The second kappa shape index (κ2) is 9.76. The van der Waals surface area contributed by atoms with Gasteiger partial charge in [0.1, 0.15) is 5.75 Å². The minimum absolute atomic E-state index is 0.206. The topological polar surface area (TPSA) is 26.3 Å². The molecule has 0 N–H and O–H groups in total. The maximum Gasteiger partial charge on any atom is 0.338 e. The number of carbonyl (C=O) groups is 1. The molecule has 3 rings (SSSR count). The van der Waals surface area contributed by atoms with Gasteiger partial charge in [0.15, 0.2) is 14.7 Å². The van der Waals surface area contributed by atoms with Crippen LogP contribution < -0.4 is 4.74 Å². The van der Waals surface area contributed by atoms with Gasteiger partial charge < -0.3 is 4.74 Å². The van der Waals surface area contributed by atoms with Crippen molar-refractivity contribution < 1.29 is 9.53 Å². The normalized spacial score (nSPS) is 10.6. The van der Waals surface area contributed by atoms with E-state index in [1.165, 1.54) is 14.7 Å². The number of hydrogen-bond acceptors (Lipinski definition) is 2. The van der Waals surface area contributed by atoms with Crippen LogP contribution in [0.25, 0.3) is 0 Å². The number of hydrogen-bond donors (Lipinski definition) is 0. The van der Waals surface area contributed by atoms with Crippen LogP contribution in [-0.2, 0) is 15.7 Å². The molecular formula is C23H20IO2S+. The average molecular weight is 487 g/mol. The molecule has 0 fully saturated rings. The lowest BCUT2D eigenvalue weighted by atomic mass is 10.2. The van der Waals surface area contributed by atoms with E-state index in [0.29, 0.717) is 17.7 Å². The van der Waals surface area contributed by atoms with Crippen LogP contribution in [0.1, 0.15) is 6.42 Å². The fraction of sp³-hybridized carbons (Fsp3) is 0.0870. The SMILES string of the molecule is C=C(CCI)C(=O)Oc1ccc([S+](c2ccccc2)c2ccccc2)cc1. The molecule has 136 valence electrons. The number of rotatable bonds is 7. The first-order valence-electron chi connectivity index (χ1n) is 8.59. The summed E-state index contributed by atoms with van der Waals surface area (Å²) >= 11 is 2.22. The van der Waals surface area contributed by atoms with Gasteiger partial charge in [0, 0.05) is 10.0 Å². The molecule has 0 spiro atoms. The quantitative estimate of drug-likeness (QED) is 0.101. The first-order chi connectivity index (χ1) is 13.2. The lowest BCUT2D eigenvalue weighted by Gasteiger charge is -2.09. The fourth-order valence-corrected chi connectivity index (χ4v) is 5.29. The van der Waals surface area contributed by atoms with Crippen molar-refractivity contribution in [2.75, 3.05) is 4.43 Å². The molecule has 0 atom stereocenters. The highest BCUT2D eigenvalue weighted by Gasteiger charge is 2.28. The summed E-state index contributed by atoms with van der Waals surface area (Å²) in [7, 11) is -0.206. The minimum Gasteiger partial charge on any atom is -0.423 e. The van der Waals surface area contributed by atoms with Crippen molar-refractivity contribution >= 4 is 39.5 Å². The van der Waals surface area contributed by atoms with Crippen molar-refractivity contribution in [3.8, 4) is 5.75 Å². The third kappa shape index (κ3) is 5.23. The molecule has 0 saturated heterocycles. The second-order valence-electron chi connectivity index (χ2n) is 5.84. The van der Waals surface area contributed by atoms with Gasteiger partial charge in [0.2, 0.25) is 0 Å². The molecule has 0 bridgehead atoms. The maximum atomic E-state index is 12.0. The summed E-state index contributed by atoms with van der Waals surface area (Å²) in [6.07, 6.45) is 0.642. The van der Waals surface area contributed by atoms with Crippen molar-refractivity contribution in [1.82, 2.24) is 0 Å². The maximum absolute atomic E-state index is 12.0. The van der Waals surface area contributed by atoms with Crippen LogP contribution in [-0.4, -0.2) is 10.4 Å². The Labute approximate surface area is 176 Å². The standard InChI is InChI=1S/C23H20IO2S/c1-18(16-17-24)23(25)26-19-12-14-22(15-13-19)27(20-8-4-2-5-9-20)21-10-6-3-7-11-21/h2-15H,1,16-17H2/q+1. The summed E-state index contributed by atoms with van der Waals surface area (Å²) in [6, 6.07) is 28.7.